The van der Waals surface area contributed by atoms with Crippen LogP contribution in [0.4, 0.5) is 0 Å². The van der Waals surface area contributed by atoms with Crippen molar-refractivity contribution >= 4 is 35.7 Å². The van der Waals surface area contributed by atoms with E-state index in [-0.39, 0.29) is 72.9 Å². The zero-order valence-electron chi connectivity index (χ0n) is 79.8. The third-order valence-corrected chi connectivity index (χ3v) is 25.0. The van der Waals surface area contributed by atoms with Crippen molar-refractivity contribution in [3.63, 3.8) is 0 Å². The fraction of sp³-hybridized carbons (Fsp3) is 0.941. The lowest BCUT2D eigenvalue weighted by molar-refractivity contribution is -0.161. The molecular formula is C102H198N4O10. The summed E-state index contributed by atoms with van der Waals surface area (Å²) in [4.78, 5) is 86.3. The molecule has 686 valence electrons. The van der Waals surface area contributed by atoms with Crippen LogP contribution in [0, 0.1) is 16.2 Å². The highest BCUT2D eigenvalue weighted by Gasteiger charge is 2.34. The molecule has 0 aromatic rings. The fourth-order valence-electron chi connectivity index (χ4n) is 16.3. The second kappa shape index (κ2) is 79.0. The van der Waals surface area contributed by atoms with E-state index in [1.165, 1.54) is 218 Å². The molecule has 0 aromatic heterocycles. The Hall–Kier alpha value is -3.26. The predicted molar refractivity (Wildman–Crippen MR) is 494 cm³/mol. The van der Waals surface area contributed by atoms with E-state index in [2.05, 4.69) is 89.7 Å². The highest BCUT2D eigenvalue weighted by Crippen LogP contribution is 2.32. The second-order valence-electron chi connectivity index (χ2n) is 37.9. The smallest absolute Gasteiger partial charge is 0.311 e. The minimum atomic E-state index is -0.576. The van der Waals surface area contributed by atoms with E-state index >= 15 is 0 Å². The summed E-state index contributed by atoms with van der Waals surface area (Å²) in [5.74, 6) is -0.492. The van der Waals surface area contributed by atoms with Crippen molar-refractivity contribution in [2.24, 2.45) is 16.2 Å². The number of esters is 4. The molecule has 0 aliphatic heterocycles. The van der Waals surface area contributed by atoms with Gasteiger partial charge in [-0.2, -0.15) is 0 Å². The van der Waals surface area contributed by atoms with Crippen LogP contribution in [0.25, 0.3) is 0 Å². The van der Waals surface area contributed by atoms with Gasteiger partial charge in [0.25, 0.3) is 0 Å². The molecule has 0 spiro atoms. The van der Waals surface area contributed by atoms with Gasteiger partial charge >= 0.3 is 23.9 Å². The zero-order chi connectivity index (χ0) is 85.7. The Balaban J connectivity index is 5.92. The molecule has 0 radical (unpaired) electrons. The molecule has 2 amide bonds. The van der Waals surface area contributed by atoms with Gasteiger partial charge in [0.05, 0.1) is 16.2 Å². The molecule has 0 heterocycles. The zero-order valence-corrected chi connectivity index (χ0v) is 79.8. The summed E-state index contributed by atoms with van der Waals surface area (Å²) in [7, 11) is 0. The molecule has 116 heavy (non-hydrogen) atoms. The van der Waals surface area contributed by atoms with Crippen molar-refractivity contribution in [3.8, 4) is 0 Å². The molecular weight excluding hydrogens is 1440 g/mol. The summed E-state index contributed by atoms with van der Waals surface area (Å²) in [6.45, 7) is 36.0. The number of amides is 2. The van der Waals surface area contributed by atoms with Gasteiger partial charge in [-0.05, 0) is 209 Å². The van der Waals surface area contributed by atoms with Crippen LogP contribution in [0.1, 0.15) is 527 Å². The number of hydrogen-bond donors (Lipinski definition) is 2. The highest BCUT2D eigenvalue weighted by molar-refractivity contribution is 5.83. The van der Waals surface area contributed by atoms with Crippen molar-refractivity contribution in [1.82, 2.24) is 20.4 Å². The van der Waals surface area contributed by atoms with Gasteiger partial charge < -0.3 is 39.4 Å². The summed E-state index contributed by atoms with van der Waals surface area (Å²) in [5, 5.41) is 6.30. The van der Waals surface area contributed by atoms with Crippen LogP contribution in [-0.4, -0.2) is 122 Å². The molecule has 0 saturated heterocycles. The Bertz CT molecular complexity index is 2230. The summed E-state index contributed by atoms with van der Waals surface area (Å²) in [6, 6.07) is 0. The molecule has 0 rings (SSSR count). The number of nitrogens with one attached hydrogen (secondary N) is 2. The summed E-state index contributed by atoms with van der Waals surface area (Å²) >= 11 is 0. The highest BCUT2D eigenvalue weighted by atomic mass is 16.6. The van der Waals surface area contributed by atoms with E-state index in [4.69, 9.17) is 18.9 Å². The lowest BCUT2D eigenvalue weighted by atomic mass is 9.86. The number of carbonyl (C=O) groups excluding carboxylic acids is 6. The summed E-state index contributed by atoms with van der Waals surface area (Å²) in [6.07, 6.45) is 73.2. The van der Waals surface area contributed by atoms with Gasteiger partial charge in [-0.15, -0.1) is 0 Å². The number of nitrogens with zero attached hydrogens (tertiary/aromatic N) is 2. The standard InChI is InChI=1S/C102H198N4O10/c1-15-23-29-35-41-43-50-56-70-90(21-7)114-97(110)101(11,12)80-64-68-86-105(84-66-54-45-52-62-76-96(109)113-92(72-58-46-37-31-25-17-3)73-59-47-38-32-26-18-4)88-82-103-94(107)77-78-95(108)104-83-89-106(87-69-65-81-102(13,14)98(111)115-91(22-8)71-57-51-44-42-36-30-24-16-2)85-67-55-53-63-79-100(9,10)99(112)116-93(74-60-48-39-33-27-19-5)75-61-49-40-34-28-20-6/h90-93H,15-89H2,1-14H3,(H,103,107)(H,104,108)/t90-,91?/m1/s1. The van der Waals surface area contributed by atoms with Crippen molar-refractivity contribution in [2.75, 3.05) is 52.4 Å². The summed E-state index contributed by atoms with van der Waals surface area (Å²) in [5.41, 5.74) is -1.68. The van der Waals surface area contributed by atoms with Crippen LogP contribution in [0.15, 0.2) is 0 Å². The first-order chi connectivity index (χ1) is 56.1. The topological polar surface area (TPSA) is 170 Å². The Morgan fingerprint density at radius 3 is 0.741 bits per heavy atom. The summed E-state index contributed by atoms with van der Waals surface area (Å²) < 4.78 is 24.9. The van der Waals surface area contributed by atoms with Crippen LogP contribution in [-0.2, 0) is 47.7 Å². The lowest BCUT2D eigenvalue weighted by Crippen LogP contribution is -2.38. The van der Waals surface area contributed by atoms with E-state index in [1.54, 1.807) is 0 Å². The average molecular weight is 1640 g/mol. The quantitative estimate of drug-likeness (QED) is 0.0336. The van der Waals surface area contributed by atoms with Crippen LogP contribution >= 0.6 is 0 Å². The Morgan fingerprint density at radius 2 is 0.457 bits per heavy atom. The minimum absolute atomic E-state index is 0.0118. The number of hydrogen-bond acceptors (Lipinski definition) is 12. The van der Waals surface area contributed by atoms with Crippen molar-refractivity contribution < 1.29 is 47.7 Å². The van der Waals surface area contributed by atoms with Crippen LogP contribution in [0.2, 0.25) is 0 Å². The molecule has 0 aliphatic rings. The molecule has 1 unspecified atom stereocenters. The van der Waals surface area contributed by atoms with Gasteiger partial charge in [0.2, 0.25) is 11.8 Å². The Morgan fingerprint density at radius 1 is 0.241 bits per heavy atom. The molecule has 14 nitrogen and oxygen atoms in total. The Kier molecular flexibility index (Phi) is 76.7. The average Bonchev–Trinajstić information content (AvgIpc) is 0.882. The van der Waals surface area contributed by atoms with E-state index in [1.807, 2.05) is 27.7 Å². The monoisotopic (exact) mass is 1640 g/mol. The van der Waals surface area contributed by atoms with Gasteiger partial charge in [0.1, 0.15) is 24.4 Å². The molecule has 0 aromatic carbocycles. The van der Waals surface area contributed by atoms with Crippen molar-refractivity contribution in [3.05, 3.63) is 0 Å². The van der Waals surface area contributed by atoms with E-state index < -0.39 is 16.2 Å². The predicted octanol–water partition coefficient (Wildman–Crippen LogP) is 28.8. The molecule has 2 N–H and O–H groups in total. The number of unbranched alkanes of at least 4 members (excludes halogenated alkanes) is 43. The molecule has 0 bridgehead atoms. The fourth-order valence-corrected chi connectivity index (χ4v) is 16.3. The van der Waals surface area contributed by atoms with Crippen LogP contribution < -0.4 is 10.6 Å². The van der Waals surface area contributed by atoms with Gasteiger partial charge in [-0.3, -0.25) is 28.8 Å². The largest absolute Gasteiger partial charge is 0.462 e. The van der Waals surface area contributed by atoms with Crippen LogP contribution in [0.5, 0.6) is 0 Å². The SMILES string of the molecule is CCCCCCCCCCC(CC)OC(=O)C(C)(C)CCCCN(CCCCCCC(C)(C)C(=O)OC(CCCCCCCC)CCCCCCCC)CCNC(=O)CCC(=O)NCCN(CCCCCCCC(=O)OC(CCCCCCCC)CCCCCCCC)CCCCC(C)(C)C(=O)O[C@H](CC)CCCCCCCCCC. The van der Waals surface area contributed by atoms with Gasteiger partial charge in [0.15, 0.2) is 0 Å². The first-order valence-electron chi connectivity index (χ1n) is 50.9. The second-order valence-corrected chi connectivity index (χ2v) is 37.9. The molecule has 14 heteroatoms. The molecule has 0 fully saturated rings. The van der Waals surface area contributed by atoms with E-state index in [9.17, 15) is 28.8 Å². The third kappa shape index (κ3) is 68.3. The first kappa shape index (κ1) is 113. The normalized spacial score (nSPS) is 12.7. The number of rotatable bonds is 89. The third-order valence-electron chi connectivity index (χ3n) is 25.0. The molecule has 0 aliphatic carbocycles. The maximum Gasteiger partial charge on any atom is 0.311 e. The maximum atomic E-state index is 13.9. The molecule has 0 saturated carbocycles. The van der Waals surface area contributed by atoms with Crippen LogP contribution in [0.3, 0.4) is 0 Å². The minimum Gasteiger partial charge on any atom is -0.462 e. The number of carbonyl (C=O) groups is 6. The number of ether oxygens (including phenoxy) is 4. The molecule has 2 atom stereocenters. The Labute approximate surface area is 720 Å². The van der Waals surface area contributed by atoms with Crippen molar-refractivity contribution in [1.29, 1.82) is 0 Å². The first-order valence-corrected chi connectivity index (χ1v) is 50.9. The van der Waals surface area contributed by atoms with Gasteiger partial charge in [-0.1, -0.05) is 325 Å². The van der Waals surface area contributed by atoms with Crippen molar-refractivity contribution in [2.45, 2.75) is 552 Å². The van der Waals surface area contributed by atoms with Gasteiger partial charge in [0, 0.05) is 45.4 Å². The van der Waals surface area contributed by atoms with E-state index in [0.29, 0.717) is 32.6 Å². The van der Waals surface area contributed by atoms with Gasteiger partial charge in [-0.25, -0.2) is 0 Å². The van der Waals surface area contributed by atoms with E-state index in [0.717, 1.165) is 219 Å². The maximum absolute atomic E-state index is 13.9. The lowest BCUT2D eigenvalue weighted by Gasteiger charge is -2.27.